The van der Waals surface area contributed by atoms with Gasteiger partial charge in [-0.15, -0.1) is 0 Å². The van der Waals surface area contributed by atoms with E-state index >= 15 is 0 Å². The Hall–Kier alpha value is -2.90. The second kappa shape index (κ2) is 10.2. The van der Waals surface area contributed by atoms with Crippen molar-refractivity contribution in [2.75, 3.05) is 13.1 Å². The van der Waals surface area contributed by atoms with Crippen molar-refractivity contribution < 1.29 is 23.9 Å². The molecular formula is C28H41N3O5. The lowest BCUT2D eigenvalue weighted by atomic mass is 9.86. The monoisotopic (exact) mass is 499 g/mol. The van der Waals surface area contributed by atoms with Crippen LogP contribution in [0.25, 0.3) is 0 Å². The summed E-state index contributed by atoms with van der Waals surface area (Å²) in [5, 5.41) is 2.91. The molecule has 0 bridgehead atoms. The average molecular weight is 500 g/mol. The van der Waals surface area contributed by atoms with Gasteiger partial charge in [0.1, 0.15) is 17.7 Å². The Labute approximate surface area is 214 Å². The highest BCUT2D eigenvalue weighted by atomic mass is 16.6. The molecule has 0 saturated carbocycles. The van der Waals surface area contributed by atoms with Crippen LogP contribution in [0.1, 0.15) is 84.2 Å². The number of hydrogen-bond donors (Lipinski definition) is 1. The zero-order valence-electron chi connectivity index (χ0n) is 22.9. The van der Waals surface area contributed by atoms with Crippen LogP contribution >= 0.6 is 0 Å². The molecule has 2 fully saturated rings. The highest BCUT2D eigenvalue weighted by Gasteiger charge is 2.53. The summed E-state index contributed by atoms with van der Waals surface area (Å²) in [6, 6.07) is 5.54. The molecule has 2 unspecified atom stereocenters. The minimum atomic E-state index is -0.762. The largest absolute Gasteiger partial charge is 0.444 e. The first-order valence-electron chi connectivity index (χ1n) is 12.8. The Morgan fingerprint density at radius 3 is 2.17 bits per heavy atom. The normalized spacial score (nSPS) is 21.0. The average Bonchev–Trinajstić information content (AvgIpc) is 3.32. The van der Waals surface area contributed by atoms with Crippen molar-refractivity contribution in [2.24, 2.45) is 5.92 Å². The summed E-state index contributed by atoms with van der Waals surface area (Å²) in [7, 11) is 0. The van der Waals surface area contributed by atoms with Crippen LogP contribution in [0.5, 0.6) is 0 Å². The van der Waals surface area contributed by atoms with E-state index in [2.05, 4.69) is 26.1 Å². The van der Waals surface area contributed by atoms with E-state index in [0.29, 0.717) is 24.9 Å². The Kier molecular flexibility index (Phi) is 7.86. The van der Waals surface area contributed by atoms with Crippen LogP contribution < -0.4 is 5.32 Å². The van der Waals surface area contributed by atoms with Gasteiger partial charge in [0.25, 0.3) is 5.91 Å². The summed E-state index contributed by atoms with van der Waals surface area (Å²) >= 11 is 0. The molecule has 1 N–H and O–H groups in total. The molecule has 2 aliphatic heterocycles. The van der Waals surface area contributed by atoms with Crippen LogP contribution in [-0.4, -0.2) is 70.3 Å². The number of ketones is 1. The predicted molar refractivity (Wildman–Crippen MR) is 138 cm³/mol. The summed E-state index contributed by atoms with van der Waals surface area (Å²) in [6.45, 7) is 15.9. The third-order valence-corrected chi connectivity index (χ3v) is 6.66. The second-order valence-corrected chi connectivity index (χ2v) is 12.4. The topological polar surface area (TPSA) is 96.0 Å². The molecule has 1 aromatic rings. The number of rotatable bonds is 5. The van der Waals surface area contributed by atoms with E-state index < -0.39 is 29.8 Å². The van der Waals surface area contributed by atoms with Crippen molar-refractivity contribution in [3.63, 3.8) is 0 Å². The molecular weight excluding hydrogens is 458 g/mol. The fraction of sp³-hybridized carbons (Fsp3) is 0.643. The first-order chi connectivity index (χ1) is 16.6. The van der Waals surface area contributed by atoms with Gasteiger partial charge in [0.05, 0.1) is 12.6 Å². The number of carbonyl (C=O) groups excluding carboxylic acids is 4. The van der Waals surface area contributed by atoms with Crippen LogP contribution in [0.15, 0.2) is 24.3 Å². The molecule has 0 spiro atoms. The molecule has 8 heteroatoms. The number of nitrogens with zero attached hydrogens (tertiary/aromatic N) is 2. The fourth-order valence-corrected chi connectivity index (χ4v) is 4.89. The molecule has 198 valence electrons. The highest BCUT2D eigenvalue weighted by Crippen LogP contribution is 2.32. The summed E-state index contributed by atoms with van der Waals surface area (Å²) in [4.78, 5) is 55.3. The van der Waals surface area contributed by atoms with E-state index in [1.54, 1.807) is 37.8 Å². The SMILES string of the molecule is CC(C)C[C@H](NC(=O)c1ccc(C(C)(C)C)cc1)C(=O)N1CCC2C1C(=O)CN2C(=O)OC(C)(C)C. The molecule has 3 rings (SSSR count). The number of Topliss-reactive ketones (excluding diaryl/α,β-unsaturated/α-hetero) is 1. The fourth-order valence-electron chi connectivity index (χ4n) is 4.89. The number of carbonyl (C=O) groups is 4. The standard InChI is InChI=1S/C28H41N3O5/c1-17(2)15-20(29-24(33)18-9-11-19(12-10-18)27(3,4)5)25(34)30-14-13-21-23(30)22(32)16-31(21)26(35)36-28(6,7)8/h9-12,17,20-21,23H,13-16H2,1-8H3,(H,29,33)/t20-,21?,23?/m0/s1. The molecule has 2 heterocycles. The van der Waals surface area contributed by atoms with Gasteiger partial charge in [0.2, 0.25) is 5.91 Å². The first kappa shape index (κ1) is 27.7. The number of nitrogens with one attached hydrogen (secondary N) is 1. The Morgan fingerprint density at radius 1 is 1.03 bits per heavy atom. The molecule has 0 aliphatic carbocycles. The van der Waals surface area contributed by atoms with E-state index in [4.69, 9.17) is 4.74 Å². The van der Waals surface area contributed by atoms with Gasteiger partial charge in [-0.3, -0.25) is 19.3 Å². The van der Waals surface area contributed by atoms with E-state index in [0.717, 1.165) is 5.56 Å². The lowest BCUT2D eigenvalue weighted by Gasteiger charge is -2.29. The Balaban J connectivity index is 1.75. The summed E-state index contributed by atoms with van der Waals surface area (Å²) < 4.78 is 5.48. The van der Waals surface area contributed by atoms with Gasteiger partial charge in [-0.2, -0.15) is 0 Å². The second-order valence-electron chi connectivity index (χ2n) is 12.4. The number of likely N-dealkylation sites (tertiary alicyclic amines) is 2. The lowest BCUT2D eigenvalue weighted by Crippen LogP contribution is -2.53. The minimum Gasteiger partial charge on any atom is -0.444 e. The van der Waals surface area contributed by atoms with Gasteiger partial charge in [-0.25, -0.2) is 4.79 Å². The van der Waals surface area contributed by atoms with Crippen molar-refractivity contribution in [2.45, 2.75) is 97.4 Å². The quantitative estimate of drug-likeness (QED) is 0.663. The van der Waals surface area contributed by atoms with Crippen molar-refractivity contribution in [3.05, 3.63) is 35.4 Å². The Morgan fingerprint density at radius 2 is 1.64 bits per heavy atom. The predicted octanol–water partition coefficient (Wildman–Crippen LogP) is 3.92. The van der Waals surface area contributed by atoms with E-state index in [1.807, 2.05) is 26.0 Å². The maximum Gasteiger partial charge on any atom is 0.411 e. The van der Waals surface area contributed by atoms with Crippen LogP contribution in [0.3, 0.4) is 0 Å². The number of benzene rings is 1. The number of ether oxygens (including phenoxy) is 1. The summed E-state index contributed by atoms with van der Waals surface area (Å²) in [5.74, 6) is -0.629. The molecule has 3 atom stereocenters. The van der Waals surface area contributed by atoms with Gasteiger partial charge in [0, 0.05) is 12.1 Å². The Bertz CT molecular complexity index is 1000. The maximum absolute atomic E-state index is 13.7. The first-order valence-corrected chi connectivity index (χ1v) is 12.8. The van der Waals surface area contributed by atoms with Crippen molar-refractivity contribution in [1.82, 2.24) is 15.1 Å². The van der Waals surface area contributed by atoms with Crippen LogP contribution in [-0.2, 0) is 19.7 Å². The number of amides is 3. The van der Waals surface area contributed by atoms with Gasteiger partial charge in [-0.1, -0.05) is 46.8 Å². The summed E-state index contributed by atoms with van der Waals surface area (Å²) in [6.07, 6.45) is 0.406. The van der Waals surface area contributed by atoms with Crippen molar-refractivity contribution >= 4 is 23.7 Å². The van der Waals surface area contributed by atoms with E-state index in [-0.39, 0.29) is 35.5 Å². The van der Waals surface area contributed by atoms with Gasteiger partial charge in [-0.05, 0) is 62.6 Å². The van der Waals surface area contributed by atoms with Crippen molar-refractivity contribution in [3.8, 4) is 0 Å². The molecule has 36 heavy (non-hydrogen) atoms. The van der Waals surface area contributed by atoms with E-state index in [1.165, 1.54) is 4.90 Å². The minimum absolute atomic E-state index is 0.0293. The van der Waals surface area contributed by atoms with Crippen LogP contribution in [0.2, 0.25) is 0 Å². The lowest BCUT2D eigenvalue weighted by molar-refractivity contribution is -0.138. The zero-order chi connectivity index (χ0) is 27.0. The van der Waals surface area contributed by atoms with Gasteiger partial charge < -0.3 is 15.0 Å². The van der Waals surface area contributed by atoms with Crippen LogP contribution in [0, 0.1) is 5.92 Å². The van der Waals surface area contributed by atoms with Crippen LogP contribution in [0.4, 0.5) is 4.79 Å². The number of hydrogen-bond acceptors (Lipinski definition) is 5. The number of fused-ring (bicyclic) bond motifs is 1. The third-order valence-electron chi connectivity index (χ3n) is 6.66. The van der Waals surface area contributed by atoms with Gasteiger partial charge in [0.15, 0.2) is 5.78 Å². The molecule has 8 nitrogen and oxygen atoms in total. The maximum atomic E-state index is 13.7. The van der Waals surface area contributed by atoms with E-state index in [9.17, 15) is 19.2 Å². The molecule has 2 saturated heterocycles. The molecule has 0 radical (unpaired) electrons. The summed E-state index contributed by atoms with van der Waals surface area (Å²) in [5.41, 5.74) is 0.894. The molecule has 0 aromatic heterocycles. The third kappa shape index (κ3) is 6.26. The van der Waals surface area contributed by atoms with Crippen molar-refractivity contribution in [1.29, 1.82) is 0 Å². The zero-order valence-corrected chi connectivity index (χ0v) is 22.9. The van der Waals surface area contributed by atoms with Gasteiger partial charge >= 0.3 is 6.09 Å². The molecule has 1 aromatic carbocycles. The molecule has 2 aliphatic rings. The molecule has 3 amide bonds. The highest BCUT2D eigenvalue weighted by molar-refractivity contribution is 6.00. The smallest absolute Gasteiger partial charge is 0.411 e.